The average molecular weight is 348 g/mol. The third kappa shape index (κ3) is 5.25. The Labute approximate surface area is 147 Å². The fourth-order valence-corrected chi connectivity index (χ4v) is 2.66. The van der Waals surface area contributed by atoms with Gasteiger partial charge in [0.25, 0.3) is 0 Å². The molecule has 2 rings (SSSR count). The Balaban J connectivity index is 1.87. The van der Waals surface area contributed by atoms with Crippen LogP contribution >= 0.6 is 11.6 Å². The maximum Gasteiger partial charge on any atom is 0.223 e. The fourth-order valence-electron chi connectivity index (χ4n) is 2.45. The van der Waals surface area contributed by atoms with Crippen LogP contribution in [0, 0.1) is 5.92 Å². The van der Waals surface area contributed by atoms with Crippen LogP contribution in [0.2, 0.25) is 5.02 Å². The highest BCUT2D eigenvalue weighted by Gasteiger charge is 2.16. The summed E-state index contributed by atoms with van der Waals surface area (Å²) in [5.41, 5.74) is 1.72. The Morgan fingerprint density at radius 3 is 2.71 bits per heavy atom. The predicted octanol–water partition coefficient (Wildman–Crippen LogP) is 3.38. The second-order valence-electron chi connectivity index (χ2n) is 5.77. The van der Waals surface area contributed by atoms with E-state index in [2.05, 4.69) is 5.32 Å². The molecule has 0 saturated heterocycles. The van der Waals surface area contributed by atoms with Crippen LogP contribution in [0.1, 0.15) is 24.2 Å². The van der Waals surface area contributed by atoms with Crippen molar-refractivity contribution in [3.8, 4) is 5.75 Å². The number of rotatable bonds is 7. The molecule has 0 aliphatic rings. The molecule has 2 aromatic carbocycles. The van der Waals surface area contributed by atoms with Gasteiger partial charge in [0, 0.05) is 17.5 Å². The van der Waals surface area contributed by atoms with Gasteiger partial charge in [0.15, 0.2) is 0 Å². The first-order valence-corrected chi connectivity index (χ1v) is 8.21. The van der Waals surface area contributed by atoms with Gasteiger partial charge in [-0.2, -0.15) is 0 Å². The van der Waals surface area contributed by atoms with Crippen molar-refractivity contribution < 1.29 is 14.6 Å². The smallest absolute Gasteiger partial charge is 0.223 e. The fraction of sp³-hybridized carbons (Fsp3) is 0.316. The monoisotopic (exact) mass is 347 g/mol. The first-order chi connectivity index (χ1) is 11.5. The van der Waals surface area contributed by atoms with E-state index in [0.29, 0.717) is 22.8 Å². The molecule has 0 aliphatic heterocycles. The van der Waals surface area contributed by atoms with E-state index >= 15 is 0 Å². The van der Waals surface area contributed by atoms with Crippen LogP contribution in [-0.4, -0.2) is 24.7 Å². The summed E-state index contributed by atoms with van der Waals surface area (Å²) in [6, 6.07) is 14.6. The van der Waals surface area contributed by atoms with Crippen molar-refractivity contribution in [3.05, 3.63) is 64.7 Å². The Hall–Kier alpha value is -2.04. The Kier molecular flexibility index (Phi) is 6.64. The number of ether oxygens (including phenoxy) is 1. The average Bonchev–Trinajstić information content (AvgIpc) is 2.59. The summed E-state index contributed by atoms with van der Waals surface area (Å²) in [7, 11) is 1.57. The van der Waals surface area contributed by atoms with Crippen LogP contribution in [0.4, 0.5) is 0 Å². The summed E-state index contributed by atoms with van der Waals surface area (Å²) in [6.07, 6.45) is -0.177. The number of aliphatic hydroxyl groups is 1. The molecule has 5 heteroatoms. The van der Waals surface area contributed by atoms with E-state index in [0.717, 1.165) is 5.56 Å². The number of hydrogen-bond donors (Lipinski definition) is 2. The molecule has 2 N–H and O–H groups in total. The number of carbonyl (C=O) groups is 1. The van der Waals surface area contributed by atoms with E-state index in [1.807, 2.05) is 31.2 Å². The molecule has 0 aliphatic carbocycles. The second-order valence-corrected chi connectivity index (χ2v) is 6.21. The Morgan fingerprint density at radius 1 is 1.25 bits per heavy atom. The lowest BCUT2D eigenvalue weighted by molar-refractivity contribution is -0.124. The van der Waals surface area contributed by atoms with Crippen molar-refractivity contribution in [2.24, 2.45) is 5.92 Å². The van der Waals surface area contributed by atoms with Crippen molar-refractivity contribution in [1.82, 2.24) is 5.32 Å². The number of benzene rings is 2. The van der Waals surface area contributed by atoms with Crippen LogP contribution in [0.3, 0.4) is 0 Å². The lowest BCUT2D eigenvalue weighted by Gasteiger charge is -2.16. The van der Waals surface area contributed by atoms with Gasteiger partial charge in [0.2, 0.25) is 5.91 Å². The summed E-state index contributed by atoms with van der Waals surface area (Å²) >= 11 is 5.96. The third-order valence-electron chi connectivity index (χ3n) is 3.83. The molecule has 2 unspecified atom stereocenters. The molecule has 0 fully saturated rings. The van der Waals surface area contributed by atoms with Gasteiger partial charge in [-0.05, 0) is 41.8 Å². The van der Waals surface area contributed by atoms with Crippen LogP contribution < -0.4 is 10.1 Å². The minimum atomic E-state index is -0.776. The third-order valence-corrected chi connectivity index (χ3v) is 4.06. The second kappa shape index (κ2) is 8.71. The molecule has 0 spiro atoms. The van der Waals surface area contributed by atoms with Crippen LogP contribution in [0.25, 0.3) is 0 Å². The first kappa shape index (κ1) is 18.3. The lowest BCUT2D eigenvalue weighted by atomic mass is 10.00. The predicted molar refractivity (Wildman–Crippen MR) is 95.3 cm³/mol. The molecule has 128 valence electrons. The zero-order valence-electron chi connectivity index (χ0n) is 13.8. The number of aliphatic hydroxyl groups excluding tert-OH is 1. The van der Waals surface area contributed by atoms with Crippen molar-refractivity contribution in [2.75, 3.05) is 13.7 Å². The molecule has 1 amide bonds. The quantitative estimate of drug-likeness (QED) is 0.807. The number of nitrogens with one attached hydrogen (secondary N) is 1. The first-order valence-electron chi connectivity index (χ1n) is 7.83. The summed E-state index contributed by atoms with van der Waals surface area (Å²) in [4.78, 5) is 12.2. The van der Waals surface area contributed by atoms with E-state index in [-0.39, 0.29) is 18.4 Å². The Morgan fingerprint density at radius 2 is 2.00 bits per heavy atom. The van der Waals surface area contributed by atoms with Crippen molar-refractivity contribution in [3.63, 3.8) is 0 Å². The van der Waals surface area contributed by atoms with Gasteiger partial charge in [-0.25, -0.2) is 0 Å². The van der Waals surface area contributed by atoms with Crippen LogP contribution in [-0.2, 0) is 11.2 Å². The standard InChI is InChI=1S/C19H22ClNO3/c1-13(9-14-5-3-7-16(20)10-14)19(23)21-12-18(22)15-6-4-8-17(11-15)24-2/h3-8,10-11,13,18,22H,9,12H2,1-2H3,(H,21,23). The molecule has 0 aromatic heterocycles. The van der Waals surface area contributed by atoms with E-state index in [1.54, 1.807) is 31.4 Å². The summed E-state index contributed by atoms with van der Waals surface area (Å²) in [6.45, 7) is 2.01. The molecule has 4 nitrogen and oxygen atoms in total. The lowest BCUT2D eigenvalue weighted by Crippen LogP contribution is -2.33. The molecular weight excluding hydrogens is 326 g/mol. The number of halogens is 1. The van der Waals surface area contributed by atoms with Gasteiger partial charge in [-0.15, -0.1) is 0 Å². The van der Waals surface area contributed by atoms with Crippen LogP contribution in [0.5, 0.6) is 5.75 Å². The van der Waals surface area contributed by atoms with E-state index in [4.69, 9.17) is 16.3 Å². The van der Waals surface area contributed by atoms with Crippen LogP contribution in [0.15, 0.2) is 48.5 Å². The SMILES string of the molecule is COc1cccc(C(O)CNC(=O)C(C)Cc2cccc(Cl)c2)c1. The normalized spacial score (nSPS) is 13.2. The van der Waals surface area contributed by atoms with E-state index in [1.165, 1.54) is 0 Å². The maximum absolute atomic E-state index is 12.2. The minimum Gasteiger partial charge on any atom is -0.497 e. The van der Waals surface area contributed by atoms with Crippen molar-refractivity contribution in [1.29, 1.82) is 0 Å². The highest BCUT2D eigenvalue weighted by molar-refractivity contribution is 6.30. The van der Waals surface area contributed by atoms with Gasteiger partial charge in [-0.3, -0.25) is 4.79 Å². The summed E-state index contributed by atoms with van der Waals surface area (Å²) in [5, 5.41) is 13.7. The highest BCUT2D eigenvalue weighted by atomic mass is 35.5. The maximum atomic E-state index is 12.2. The van der Waals surface area contributed by atoms with E-state index in [9.17, 15) is 9.90 Å². The molecule has 2 atom stereocenters. The number of carbonyl (C=O) groups excluding carboxylic acids is 1. The minimum absolute atomic E-state index is 0.100. The van der Waals surface area contributed by atoms with Gasteiger partial charge in [-0.1, -0.05) is 42.8 Å². The van der Waals surface area contributed by atoms with Crippen molar-refractivity contribution >= 4 is 17.5 Å². The van der Waals surface area contributed by atoms with Gasteiger partial charge in [0.05, 0.1) is 13.2 Å². The molecule has 0 bridgehead atoms. The Bertz CT molecular complexity index is 690. The zero-order valence-corrected chi connectivity index (χ0v) is 14.6. The molecule has 0 heterocycles. The topological polar surface area (TPSA) is 58.6 Å². The van der Waals surface area contributed by atoms with Crippen molar-refractivity contribution in [2.45, 2.75) is 19.4 Å². The molecule has 0 radical (unpaired) electrons. The zero-order chi connectivity index (χ0) is 17.5. The summed E-state index contributed by atoms with van der Waals surface area (Å²) < 4.78 is 5.14. The van der Waals surface area contributed by atoms with Gasteiger partial charge in [0.1, 0.15) is 5.75 Å². The van der Waals surface area contributed by atoms with Gasteiger partial charge < -0.3 is 15.2 Å². The molecule has 0 saturated carbocycles. The van der Waals surface area contributed by atoms with E-state index < -0.39 is 6.10 Å². The van der Waals surface area contributed by atoms with Gasteiger partial charge >= 0.3 is 0 Å². The summed E-state index contributed by atoms with van der Waals surface area (Å²) in [5.74, 6) is 0.366. The number of methoxy groups -OCH3 is 1. The molecule has 24 heavy (non-hydrogen) atoms. The number of hydrogen-bond acceptors (Lipinski definition) is 3. The largest absolute Gasteiger partial charge is 0.497 e. The highest BCUT2D eigenvalue weighted by Crippen LogP contribution is 2.19. The molecular formula is C19H22ClNO3. The molecule has 2 aromatic rings. The number of amides is 1.